The van der Waals surface area contributed by atoms with E-state index in [0.29, 0.717) is 17.5 Å². The first-order valence-corrected chi connectivity index (χ1v) is 9.20. The molecule has 3 rings (SSSR count). The average Bonchev–Trinajstić information content (AvgIpc) is 2.73. The summed E-state index contributed by atoms with van der Waals surface area (Å²) in [4.78, 5) is 24.9. The number of benzene rings is 1. The van der Waals surface area contributed by atoms with Crippen LogP contribution in [-0.4, -0.2) is 38.5 Å². The molecule has 138 valence electrons. The number of carbonyl (C=O) groups is 1. The van der Waals surface area contributed by atoms with Crippen LogP contribution >= 0.6 is 11.8 Å². The third kappa shape index (κ3) is 5.77. The molecule has 0 unspecified atom stereocenters. The predicted octanol–water partition coefficient (Wildman–Crippen LogP) is 2.28. The van der Waals surface area contributed by atoms with Crippen LogP contribution in [0.4, 0.5) is 0 Å². The summed E-state index contributed by atoms with van der Waals surface area (Å²) in [6.07, 6.45) is 3.37. The van der Waals surface area contributed by atoms with Gasteiger partial charge in [0.1, 0.15) is 5.75 Å². The van der Waals surface area contributed by atoms with Crippen molar-refractivity contribution in [3.05, 3.63) is 66.5 Å². The lowest BCUT2D eigenvalue weighted by Crippen LogP contribution is -2.24. The number of thioether (sulfide) groups is 1. The molecule has 1 aromatic carbocycles. The smallest absolute Gasteiger partial charge is 0.230 e. The molecule has 2 aromatic heterocycles. The second-order valence-electron chi connectivity index (χ2n) is 5.42. The van der Waals surface area contributed by atoms with Crippen molar-refractivity contribution < 1.29 is 14.6 Å². The molecule has 2 heterocycles. The van der Waals surface area contributed by atoms with E-state index in [1.54, 1.807) is 30.6 Å². The van der Waals surface area contributed by atoms with Crippen LogP contribution in [0.15, 0.2) is 66.1 Å². The predicted molar refractivity (Wildman–Crippen MR) is 102 cm³/mol. The highest BCUT2D eigenvalue weighted by molar-refractivity contribution is 7.99. The Hall–Kier alpha value is -2.97. The molecule has 8 heteroatoms. The van der Waals surface area contributed by atoms with E-state index in [2.05, 4.69) is 20.3 Å². The van der Waals surface area contributed by atoms with Gasteiger partial charge in [0.2, 0.25) is 5.91 Å². The fraction of sp³-hybridized carbons (Fsp3) is 0.158. The topological polar surface area (TPSA) is 97.2 Å². The molecule has 0 bridgehead atoms. The number of aromatic nitrogens is 3. The van der Waals surface area contributed by atoms with Crippen molar-refractivity contribution in [1.29, 1.82) is 0 Å². The van der Waals surface area contributed by atoms with E-state index < -0.39 is 0 Å². The third-order valence-electron chi connectivity index (χ3n) is 3.54. The molecular weight excluding hydrogens is 364 g/mol. The quantitative estimate of drug-likeness (QED) is 0.350. The number of hydrogen-bond acceptors (Lipinski definition) is 7. The second kappa shape index (κ2) is 9.65. The van der Waals surface area contributed by atoms with Crippen molar-refractivity contribution in [3.63, 3.8) is 0 Å². The van der Waals surface area contributed by atoms with E-state index in [4.69, 9.17) is 9.84 Å². The minimum absolute atomic E-state index is 0.109. The molecular formula is C19H18N4O3S. The Bertz CT molecular complexity index is 876. The average molecular weight is 382 g/mol. The maximum atomic E-state index is 12.1. The summed E-state index contributed by atoms with van der Waals surface area (Å²) in [6.45, 7) is 0.0462. The molecule has 1 amide bonds. The van der Waals surface area contributed by atoms with Crippen molar-refractivity contribution >= 4 is 17.7 Å². The number of ether oxygens (including phenoxy) is 1. The normalized spacial score (nSPS) is 10.4. The van der Waals surface area contributed by atoms with Crippen molar-refractivity contribution in [2.45, 2.75) is 11.7 Å². The monoisotopic (exact) mass is 382 g/mol. The maximum absolute atomic E-state index is 12.1. The number of aliphatic hydroxyl groups is 1. The van der Waals surface area contributed by atoms with E-state index in [1.165, 1.54) is 11.8 Å². The van der Waals surface area contributed by atoms with Crippen LogP contribution in [0.2, 0.25) is 0 Å². The molecule has 7 nitrogen and oxygen atoms in total. The summed E-state index contributed by atoms with van der Waals surface area (Å²) < 4.78 is 4.96. The van der Waals surface area contributed by atoms with Crippen molar-refractivity contribution in [3.8, 4) is 17.1 Å². The van der Waals surface area contributed by atoms with Crippen LogP contribution in [0.1, 0.15) is 5.56 Å². The number of amides is 1. The maximum Gasteiger partial charge on any atom is 0.230 e. The number of carbonyl (C=O) groups excluding carboxylic acids is 1. The van der Waals surface area contributed by atoms with Gasteiger partial charge in [-0.05, 0) is 35.9 Å². The summed E-state index contributed by atoms with van der Waals surface area (Å²) in [6, 6.07) is 14.5. The van der Waals surface area contributed by atoms with Gasteiger partial charge in [-0.1, -0.05) is 30.0 Å². The van der Waals surface area contributed by atoms with Gasteiger partial charge in [-0.3, -0.25) is 9.78 Å². The van der Waals surface area contributed by atoms with E-state index in [-0.39, 0.29) is 18.5 Å². The minimum Gasteiger partial charge on any atom is -0.468 e. The first-order valence-electron chi connectivity index (χ1n) is 8.21. The van der Waals surface area contributed by atoms with Gasteiger partial charge in [-0.2, -0.15) is 0 Å². The molecule has 0 aliphatic carbocycles. The van der Waals surface area contributed by atoms with Gasteiger partial charge in [0.15, 0.2) is 11.9 Å². The lowest BCUT2D eigenvalue weighted by Gasteiger charge is -2.07. The molecule has 0 saturated carbocycles. The molecule has 0 aliphatic rings. The van der Waals surface area contributed by atoms with Gasteiger partial charge in [-0.15, -0.1) is 0 Å². The van der Waals surface area contributed by atoms with Crippen molar-refractivity contribution in [2.75, 3.05) is 12.5 Å². The van der Waals surface area contributed by atoms with Gasteiger partial charge < -0.3 is 15.2 Å². The van der Waals surface area contributed by atoms with Crippen molar-refractivity contribution in [1.82, 2.24) is 20.3 Å². The molecule has 0 saturated heterocycles. The summed E-state index contributed by atoms with van der Waals surface area (Å²) in [5.74, 6) is 0.688. The Balaban J connectivity index is 1.49. The van der Waals surface area contributed by atoms with Crippen LogP contribution in [0.25, 0.3) is 11.4 Å². The highest BCUT2D eigenvalue weighted by Crippen LogP contribution is 2.18. The largest absolute Gasteiger partial charge is 0.468 e. The van der Waals surface area contributed by atoms with Crippen molar-refractivity contribution in [2.24, 2.45) is 0 Å². The lowest BCUT2D eigenvalue weighted by atomic mass is 10.2. The SMILES string of the molecule is O=C(CSc1nccc(-c2ccccn2)n1)NCc1ccc(OCO)cc1. The van der Waals surface area contributed by atoms with Gasteiger partial charge >= 0.3 is 0 Å². The molecule has 0 aliphatic heterocycles. The molecule has 3 aromatic rings. The van der Waals surface area contributed by atoms with Crippen LogP contribution < -0.4 is 10.1 Å². The van der Waals surface area contributed by atoms with Crippen LogP contribution in [0.5, 0.6) is 5.75 Å². The van der Waals surface area contributed by atoms with Gasteiger partial charge in [0.05, 0.1) is 17.1 Å². The zero-order chi connectivity index (χ0) is 18.9. The van der Waals surface area contributed by atoms with Crippen LogP contribution in [-0.2, 0) is 11.3 Å². The number of hydrogen-bond donors (Lipinski definition) is 2. The first kappa shape index (κ1) is 18.8. The number of nitrogens with zero attached hydrogens (tertiary/aromatic N) is 3. The number of rotatable bonds is 8. The van der Waals surface area contributed by atoms with E-state index >= 15 is 0 Å². The first-order chi connectivity index (χ1) is 13.2. The third-order valence-corrected chi connectivity index (χ3v) is 4.40. The summed E-state index contributed by atoms with van der Waals surface area (Å²) in [5.41, 5.74) is 2.42. The van der Waals surface area contributed by atoms with Crippen LogP contribution in [0.3, 0.4) is 0 Å². The van der Waals surface area contributed by atoms with Crippen LogP contribution in [0, 0.1) is 0 Å². The Morgan fingerprint density at radius 1 is 1.04 bits per heavy atom. The highest BCUT2D eigenvalue weighted by atomic mass is 32.2. The van der Waals surface area contributed by atoms with Gasteiger partial charge in [0.25, 0.3) is 0 Å². The second-order valence-corrected chi connectivity index (χ2v) is 6.36. The van der Waals surface area contributed by atoms with Gasteiger partial charge in [0, 0.05) is 18.9 Å². The lowest BCUT2D eigenvalue weighted by molar-refractivity contribution is -0.118. The number of nitrogens with one attached hydrogen (secondary N) is 1. The molecule has 0 fully saturated rings. The Morgan fingerprint density at radius 2 is 1.89 bits per heavy atom. The minimum atomic E-state index is -0.364. The Labute approximate surface area is 160 Å². The number of aliphatic hydroxyl groups excluding tert-OH is 1. The Kier molecular flexibility index (Phi) is 6.72. The standard InChI is InChI=1S/C19H18N4O3S/c24-13-26-15-6-4-14(5-7-15)11-22-18(25)12-27-19-21-10-8-17(23-19)16-3-1-2-9-20-16/h1-10,24H,11-13H2,(H,22,25). The zero-order valence-corrected chi connectivity index (χ0v) is 15.2. The fourth-order valence-corrected chi connectivity index (χ4v) is 2.89. The molecule has 2 N–H and O–H groups in total. The zero-order valence-electron chi connectivity index (χ0n) is 14.4. The molecule has 27 heavy (non-hydrogen) atoms. The number of pyridine rings is 1. The summed E-state index contributed by atoms with van der Waals surface area (Å²) in [5, 5.41) is 12.1. The highest BCUT2D eigenvalue weighted by Gasteiger charge is 2.07. The fourth-order valence-electron chi connectivity index (χ4n) is 2.23. The summed E-state index contributed by atoms with van der Waals surface area (Å²) in [7, 11) is 0. The van der Waals surface area contributed by atoms with E-state index in [9.17, 15) is 4.79 Å². The van der Waals surface area contributed by atoms with E-state index in [1.807, 2.05) is 30.3 Å². The molecule has 0 spiro atoms. The van der Waals surface area contributed by atoms with E-state index in [0.717, 1.165) is 17.0 Å². The molecule has 0 atom stereocenters. The summed E-state index contributed by atoms with van der Waals surface area (Å²) >= 11 is 1.27. The van der Waals surface area contributed by atoms with Gasteiger partial charge in [-0.25, -0.2) is 9.97 Å². The molecule has 0 radical (unpaired) electrons. The Morgan fingerprint density at radius 3 is 2.63 bits per heavy atom.